The Morgan fingerprint density at radius 2 is 2.28 bits per heavy atom. The predicted octanol–water partition coefficient (Wildman–Crippen LogP) is 2.49. The van der Waals surface area contributed by atoms with E-state index in [1.807, 2.05) is 13.2 Å². The lowest BCUT2D eigenvalue weighted by atomic mass is 10.1. The number of carbonyl (C=O) groups excluding carboxylic acids is 1. The summed E-state index contributed by atoms with van der Waals surface area (Å²) in [5.41, 5.74) is 1.48. The zero-order valence-corrected chi connectivity index (χ0v) is 12.1. The number of aliphatic hydroxyl groups excluding tert-OH is 1. The monoisotopic (exact) mass is 287 g/mol. The van der Waals surface area contributed by atoms with Gasteiger partial charge in [-0.1, -0.05) is 11.6 Å². The van der Waals surface area contributed by atoms with Crippen molar-refractivity contribution in [3.8, 4) is 0 Å². The maximum absolute atomic E-state index is 12.1. The Morgan fingerprint density at radius 1 is 1.56 bits per heavy atom. The molecule has 0 saturated heterocycles. The molecular weight excluding hydrogens is 270 g/mol. The van der Waals surface area contributed by atoms with E-state index in [9.17, 15) is 4.79 Å². The molecule has 0 aromatic heterocycles. The van der Waals surface area contributed by atoms with Gasteiger partial charge in [0.1, 0.15) is 0 Å². The van der Waals surface area contributed by atoms with E-state index >= 15 is 0 Å². The average molecular weight is 288 g/mol. The number of rotatable bonds is 6. The van der Waals surface area contributed by atoms with Crippen molar-refractivity contribution >= 4 is 29.3 Å². The number of halogens is 1. The molecule has 1 atom stereocenters. The SMILES string of the molecule is CSC[C@H](CCO)NC(=O)c1ccc(Cl)cc1C. The second kappa shape index (κ2) is 7.67. The van der Waals surface area contributed by atoms with Crippen LogP contribution in [0.5, 0.6) is 0 Å². The molecule has 3 nitrogen and oxygen atoms in total. The summed E-state index contributed by atoms with van der Waals surface area (Å²) < 4.78 is 0. The minimum atomic E-state index is -0.114. The molecule has 0 aliphatic carbocycles. The lowest BCUT2D eigenvalue weighted by molar-refractivity contribution is 0.0934. The van der Waals surface area contributed by atoms with Gasteiger partial charge < -0.3 is 10.4 Å². The smallest absolute Gasteiger partial charge is 0.251 e. The third kappa shape index (κ3) is 4.52. The molecule has 0 bridgehead atoms. The fourth-order valence-electron chi connectivity index (χ4n) is 1.70. The van der Waals surface area contributed by atoms with Gasteiger partial charge in [0.15, 0.2) is 0 Å². The Labute approximate surface area is 117 Å². The largest absolute Gasteiger partial charge is 0.396 e. The normalized spacial score (nSPS) is 12.2. The van der Waals surface area contributed by atoms with Crippen molar-refractivity contribution in [1.82, 2.24) is 5.32 Å². The number of hydrogen-bond donors (Lipinski definition) is 2. The summed E-state index contributed by atoms with van der Waals surface area (Å²) in [6.45, 7) is 1.93. The van der Waals surface area contributed by atoms with Crippen LogP contribution in [-0.4, -0.2) is 35.7 Å². The molecule has 0 radical (unpaired) electrons. The van der Waals surface area contributed by atoms with Gasteiger partial charge in [0.25, 0.3) is 5.91 Å². The molecule has 1 rings (SSSR count). The number of benzene rings is 1. The highest BCUT2D eigenvalue weighted by Gasteiger charge is 2.14. The molecule has 0 heterocycles. The summed E-state index contributed by atoms with van der Waals surface area (Å²) >= 11 is 7.51. The lowest BCUT2D eigenvalue weighted by Gasteiger charge is -2.17. The fraction of sp³-hybridized carbons (Fsp3) is 0.462. The topological polar surface area (TPSA) is 49.3 Å². The number of hydrogen-bond acceptors (Lipinski definition) is 3. The standard InChI is InChI=1S/C13H18ClNO2S/c1-9-7-10(14)3-4-12(9)13(17)15-11(5-6-16)8-18-2/h3-4,7,11,16H,5-6,8H2,1-2H3,(H,15,17)/t11-/m0/s1. The molecule has 0 aliphatic heterocycles. The first-order valence-electron chi connectivity index (χ1n) is 5.75. The van der Waals surface area contributed by atoms with E-state index in [1.54, 1.807) is 30.0 Å². The average Bonchev–Trinajstić information content (AvgIpc) is 2.29. The zero-order valence-electron chi connectivity index (χ0n) is 10.6. The van der Waals surface area contributed by atoms with Crippen molar-refractivity contribution in [3.05, 3.63) is 34.3 Å². The first kappa shape index (κ1) is 15.3. The summed E-state index contributed by atoms with van der Waals surface area (Å²) in [5, 5.41) is 12.5. The Bertz CT molecular complexity index is 406. The van der Waals surface area contributed by atoms with Crippen LogP contribution in [0.1, 0.15) is 22.3 Å². The first-order valence-corrected chi connectivity index (χ1v) is 7.52. The fourth-order valence-corrected chi connectivity index (χ4v) is 2.58. The molecule has 1 aromatic carbocycles. The highest BCUT2D eigenvalue weighted by molar-refractivity contribution is 7.98. The Hall–Kier alpha value is -0.710. The molecule has 18 heavy (non-hydrogen) atoms. The molecule has 100 valence electrons. The van der Waals surface area contributed by atoms with E-state index in [1.165, 1.54) is 0 Å². The Kier molecular flexibility index (Phi) is 6.54. The first-order chi connectivity index (χ1) is 8.58. The van der Waals surface area contributed by atoms with E-state index in [-0.39, 0.29) is 18.6 Å². The second-order valence-corrected chi connectivity index (χ2v) is 5.44. The van der Waals surface area contributed by atoms with Gasteiger partial charge in [-0.15, -0.1) is 0 Å². The summed E-state index contributed by atoms with van der Waals surface area (Å²) in [5.74, 6) is 0.676. The van der Waals surface area contributed by atoms with Gasteiger partial charge in [-0.25, -0.2) is 0 Å². The van der Waals surface area contributed by atoms with Crippen molar-refractivity contribution in [2.45, 2.75) is 19.4 Å². The van der Waals surface area contributed by atoms with E-state index in [4.69, 9.17) is 16.7 Å². The molecule has 1 amide bonds. The third-order valence-electron chi connectivity index (χ3n) is 2.61. The van der Waals surface area contributed by atoms with Crippen LogP contribution in [0, 0.1) is 6.92 Å². The van der Waals surface area contributed by atoms with Crippen LogP contribution in [0.25, 0.3) is 0 Å². The van der Waals surface area contributed by atoms with Crippen molar-refractivity contribution in [1.29, 1.82) is 0 Å². The minimum Gasteiger partial charge on any atom is -0.396 e. The molecule has 0 aliphatic rings. The minimum absolute atomic E-state index is 0.00687. The van der Waals surface area contributed by atoms with Crippen molar-refractivity contribution in [2.75, 3.05) is 18.6 Å². The van der Waals surface area contributed by atoms with Crippen LogP contribution in [0.3, 0.4) is 0 Å². The van der Waals surface area contributed by atoms with Crippen molar-refractivity contribution in [3.63, 3.8) is 0 Å². The summed E-state index contributed by atoms with van der Waals surface area (Å²) in [6, 6.07) is 5.19. The highest BCUT2D eigenvalue weighted by Crippen LogP contribution is 2.15. The van der Waals surface area contributed by atoms with Gasteiger partial charge in [-0.2, -0.15) is 11.8 Å². The number of nitrogens with one attached hydrogen (secondary N) is 1. The van der Waals surface area contributed by atoms with Gasteiger partial charge in [-0.3, -0.25) is 4.79 Å². The van der Waals surface area contributed by atoms with Gasteiger partial charge in [0.05, 0.1) is 0 Å². The van der Waals surface area contributed by atoms with E-state index in [0.29, 0.717) is 17.0 Å². The molecule has 0 unspecified atom stereocenters. The van der Waals surface area contributed by atoms with E-state index in [0.717, 1.165) is 11.3 Å². The summed E-state index contributed by atoms with van der Waals surface area (Å²) in [7, 11) is 0. The van der Waals surface area contributed by atoms with Crippen molar-refractivity contribution in [2.24, 2.45) is 0 Å². The zero-order chi connectivity index (χ0) is 13.5. The third-order valence-corrected chi connectivity index (χ3v) is 3.58. The van der Waals surface area contributed by atoms with Crippen LogP contribution in [0.4, 0.5) is 0 Å². The maximum atomic E-state index is 12.1. The maximum Gasteiger partial charge on any atom is 0.251 e. The quantitative estimate of drug-likeness (QED) is 0.845. The number of thioether (sulfide) groups is 1. The van der Waals surface area contributed by atoms with Crippen molar-refractivity contribution < 1.29 is 9.90 Å². The number of aryl methyl sites for hydroxylation is 1. The number of carbonyl (C=O) groups is 1. The molecule has 0 fully saturated rings. The number of aliphatic hydroxyl groups is 1. The highest BCUT2D eigenvalue weighted by atomic mass is 35.5. The molecule has 0 saturated carbocycles. The summed E-state index contributed by atoms with van der Waals surface area (Å²) in [6.07, 6.45) is 2.54. The van der Waals surface area contributed by atoms with Gasteiger partial charge in [0, 0.05) is 29.0 Å². The summed E-state index contributed by atoms with van der Waals surface area (Å²) in [4.78, 5) is 12.1. The Balaban J connectivity index is 2.73. The predicted molar refractivity (Wildman–Crippen MR) is 77.5 cm³/mol. The van der Waals surface area contributed by atoms with E-state index in [2.05, 4.69) is 5.32 Å². The van der Waals surface area contributed by atoms with Crippen LogP contribution in [-0.2, 0) is 0 Å². The molecule has 2 N–H and O–H groups in total. The molecule has 1 aromatic rings. The number of amides is 1. The second-order valence-electron chi connectivity index (χ2n) is 4.10. The lowest BCUT2D eigenvalue weighted by Crippen LogP contribution is -2.37. The van der Waals surface area contributed by atoms with Gasteiger partial charge in [-0.05, 0) is 43.4 Å². The molecule has 5 heteroatoms. The van der Waals surface area contributed by atoms with Crippen LogP contribution < -0.4 is 5.32 Å². The van der Waals surface area contributed by atoms with E-state index < -0.39 is 0 Å². The van der Waals surface area contributed by atoms with Gasteiger partial charge >= 0.3 is 0 Å². The van der Waals surface area contributed by atoms with Crippen LogP contribution >= 0.6 is 23.4 Å². The molecular formula is C13H18ClNO2S. The van der Waals surface area contributed by atoms with Gasteiger partial charge in [0.2, 0.25) is 0 Å². The Morgan fingerprint density at radius 3 is 2.83 bits per heavy atom. The van der Waals surface area contributed by atoms with Crippen LogP contribution in [0.15, 0.2) is 18.2 Å². The molecule has 0 spiro atoms. The van der Waals surface area contributed by atoms with Crippen LogP contribution in [0.2, 0.25) is 5.02 Å².